The van der Waals surface area contributed by atoms with Gasteiger partial charge in [-0.2, -0.15) is 5.10 Å². The molecular weight excluding hydrogens is 240 g/mol. The fourth-order valence-electron chi connectivity index (χ4n) is 1.44. The Morgan fingerprint density at radius 1 is 1.47 bits per heavy atom. The number of nitrogens with two attached hydrogens (primary N) is 1. The van der Waals surface area contributed by atoms with Gasteiger partial charge in [-0.15, -0.1) is 0 Å². The molecule has 0 fully saturated rings. The van der Waals surface area contributed by atoms with E-state index in [1.807, 2.05) is 20.8 Å². The number of hydrogen-bond donors (Lipinski definition) is 2. The van der Waals surface area contributed by atoms with Crippen molar-refractivity contribution in [3.8, 4) is 0 Å². The molecule has 0 bridgehead atoms. The van der Waals surface area contributed by atoms with Crippen LogP contribution in [0.1, 0.15) is 33.7 Å². The van der Waals surface area contributed by atoms with Gasteiger partial charge in [0.05, 0.1) is 12.2 Å². The Balaban J connectivity index is 3.16. The molecule has 1 rings (SSSR count). The standard InChI is InChI=1S/C10H20N4O2S/c1-5-13-17(15,16)9-6-12-14(10(9)11)8(4)7(2)3/h6-8,13H,5,11H2,1-4H3. The van der Waals surface area contributed by atoms with E-state index in [1.54, 1.807) is 11.6 Å². The van der Waals surface area contributed by atoms with E-state index in [2.05, 4.69) is 9.82 Å². The third kappa shape index (κ3) is 2.78. The van der Waals surface area contributed by atoms with E-state index in [9.17, 15) is 8.42 Å². The summed E-state index contributed by atoms with van der Waals surface area (Å²) in [6.07, 6.45) is 1.30. The van der Waals surface area contributed by atoms with Gasteiger partial charge in [-0.25, -0.2) is 17.8 Å². The zero-order chi connectivity index (χ0) is 13.2. The molecule has 6 nitrogen and oxygen atoms in total. The number of hydrogen-bond acceptors (Lipinski definition) is 4. The maximum atomic E-state index is 11.8. The van der Waals surface area contributed by atoms with Gasteiger partial charge in [-0.1, -0.05) is 20.8 Å². The van der Waals surface area contributed by atoms with Gasteiger partial charge in [0.1, 0.15) is 10.7 Å². The van der Waals surface area contributed by atoms with Crippen molar-refractivity contribution in [3.63, 3.8) is 0 Å². The van der Waals surface area contributed by atoms with Gasteiger partial charge >= 0.3 is 0 Å². The van der Waals surface area contributed by atoms with E-state index in [-0.39, 0.29) is 16.8 Å². The summed E-state index contributed by atoms with van der Waals surface area (Å²) in [5.74, 6) is 0.513. The average molecular weight is 260 g/mol. The number of nitrogens with one attached hydrogen (secondary N) is 1. The van der Waals surface area contributed by atoms with Crippen molar-refractivity contribution in [3.05, 3.63) is 6.20 Å². The van der Waals surface area contributed by atoms with Crippen molar-refractivity contribution in [1.82, 2.24) is 14.5 Å². The molecule has 0 saturated carbocycles. The van der Waals surface area contributed by atoms with Gasteiger partial charge in [-0.05, 0) is 12.8 Å². The van der Waals surface area contributed by atoms with Gasteiger partial charge < -0.3 is 5.73 Å². The van der Waals surface area contributed by atoms with Gasteiger partial charge in [0.15, 0.2) is 0 Å². The molecule has 0 aliphatic carbocycles. The molecule has 98 valence electrons. The van der Waals surface area contributed by atoms with E-state index in [4.69, 9.17) is 5.73 Å². The zero-order valence-corrected chi connectivity index (χ0v) is 11.5. The highest BCUT2D eigenvalue weighted by molar-refractivity contribution is 7.89. The predicted molar refractivity (Wildman–Crippen MR) is 67.1 cm³/mol. The highest BCUT2D eigenvalue weighted by atomic mass is 32.2. The molecule has 0 saturated heterocycles. The van der Waals surface area contributed by atoms with Crippen molar-refractivity contribution in [2.45, 2.75) is 38.6 Å². The maximum absolute atomic E-state index is 11.8. The largest absolute Gasteiger partial charge is 0.383 e. The number of sulfonamides is 1. The van der Waals surface area contributed by atoms with Crippen LogP contribution in [0.3, 0.4) is 0 Å². The molecular formula is C10H20N4O2S. The van der Waals surface area contributed by atoms with Crippen molar-refractivity contribution >= 4 is 15.8 Å². The van der Waals surface area contributed by atoms with Crippen molar-refractivity contribution in [2.75, 3.05) is 12.3 Å². The summed E-state index contributed by atoms with van der Waals surface area (Å²) in [5.41, 5.74) is 5.84. The summed E-state index contributed by atoms with van der Waals surface area (Å²) in [6, 6.07) is 0.0561. The predicted octanol–water partition coefficient (Wildman–Crippen LogP) is 0.980. The van der Waals surface area contributed by atoms with Crippen molar-refractivity contribution in [1.29, 1.82) is 0 Å². The first-order chi connectivity index (χ1) is 7.81. The van der Waals surface area contributed by atoms with E-state index in [1.165, 1.54) is 6.20 Å². The molecule has 0 aromatic carbocycles. The van der Waals surface area contributed by atoms with E-state index in [0.29, 0.717) is 12.5 Å². The van der Waals surface area contributed by atoms with Crippen LogP contribution in [0.15, 0.2) is 11.1 Å². The van der Waals surface area contributed by atoms with Crippen LogP contribution in [0.25, 0.3) is 0 Å². The summed E-state index contributed by atoms with van der Waals surface area (Å²) in [5, 5.41) is 4.06. The molecule has 1 atom stereocenters. The Morgan fingerprint density at radius 3 is 2.53 bits per heavy atom. The average Bonchev–Trinajstić information content (AvgIpc) is 2.59. The molecule has 0 aliphatic rings. The number of anilines is 1. The lowest BCUT2D eigenvalue weighted by Crippen LogP contribution is -2.24. The van der Waals surface area contributed by atoms with Crippen LogP contribution in [0.2, 0.25) is 0 Å². The van der Waals surface area contributed by atoms with E-state index in [0.717, 1.165) is 0 Å². The zero-order valence-electron chi connectivity index (χ0n) is 10.6. The van der Waals surface area contributed by atoms with Gasteiger partial charge in [0.25, 0.3) is 0 Å². The minimum absolute atomic E-state index is 0.0480. The van der Waals surface area contributed by atoms with Crippen LogP contribution < -0.4 is 10.5 Å². The third-order valence-electron chi connectivity index (χ3n) is 2.77. The molecule has 1 heterocycles. The summed E-state index contributed by atoms with van der Waals surface area (Å²) < 4.78 is 27.6. The summed E-state index contributed by atoms with van der Waals surface area (Å²) >= 11 is 0. The Kier molecular flexibility index (Phi) is 4.16. The van der Waals surface area contributed by atoms with E-state index >= 15 is 0 Å². The number of nitrogens with zero attached hydrogens (tertiary/aromatic N) is 2. The van der Waals surface area contributed by atoms with Crippen LogP contribution in [0.5, 0.6) is 0 Å². The molecule has 3 N–H and O–H groups in total. The second-order valence-corrected chi connectivity index (χ2v) is 6.06. The van der Waals surface area contributed by atoms with Gasteiger partial charge in [-0.3, -0.25) is 0 Å². The van der Waals surface area contributed by atoms with Gasteiger partial charge in [0, 0.05) is 6.54 Å². The fraction of sp³-hybridized carbons (Fsp3) is 0.700. The Morgan fingerprint density at radius 2 is 2.06 bits per heavy atom. The fourth-order valence-corrected chi connectivity index (χ4v) is 2.53. The number of aromatic nitrogens is 2. The molecule has 1 aromatic heterocycles. The second kappa shape index (κ2) is 5.05. The second-order valence-electron chi connectivity index (χ2n) is 4.32. The SMILES string of the molecule is CCNS(=O)(=O)c1cnn(C(C)C(C)C)c1N. The number of nitrogen functional groups attached to an aromatic ring is 1. The molecule has 0 spiro atoms. The van der Waals surface area contributed by atoms with Gasteiger partial charge in [0.2, 0.25) is 10.0 Å². The number of rotatable bonds is 5. The molecule has 0 amide bonds. The summed E-state index contributed by atoms with van der Waals surface area (Å²) in [7, 11) is -3.54. The highest BCUT2D eigenvalue weighted by Crippen LogP contribution is 2.24. The maximum Gasteiger partial charge on any atom is 0.245 e. The lowest BCUT2D eigenvalue weighted by Gasteiger charge is -2.17. The molecule has 1 aromatic rings. The van der Waals surface area contributed by atoms with Crippen LogP contribution in [-0.4, -0.2) is 24.7 Å². The Bertz CT molecular complexity index is 478. The molecule has 1 unspecified atom stereocenters. The van der Waals surface area contributed by atoms with Crippen molar-refractivity contribution < 1.29 is 8.42 Å². The first kappa shape index (κ1) is 14.0. The summed E-state index contributed by atoms with van der Waals surface area (Å²) in [6.45, 7) is 8.06. The lowest BCUT2D eigenvalue weighted by atomic mass is 10.1. The topological polar surface area (TPSA) is 90.0 Å². The highest BCUT2D eigenvalue weighted by Gasteiger charge is 2.23. The van der Waals surface area contributed by atoms with E-state index < -0.39 is 10.0 Å². The minimum atomic E-state index is -3.54. The summed E-state index contributed by atoms with van der Waals surface area (Å²) in [4.78, 5) is 0.0480. The lowest BCUT2D eigenvalue weighted by molar-refractivity contribution is 0.380. The smallest absolute Gasteiger partial charge is 0.245 e. The monoisotopic (exact) mass is 260 g/mol. The molecule has 0 radical (unpaired) electrons. The first-order valence-corrected chi connectivity index (χ1v) is 7.12. The normalized spacial score (nSPS) is 14.2. The Hall–Kier alpha value is -1.08. The third-order valence-corrected chi connectivity index (χ3v) is 4.34. The molecule has 17 heavy (non-hydrogen) atoms. The molecule has 0 aliphatic heterocycles. The first-order valence-electron chi connectivity index (χ1n) is 5.63. The van der Waals surface area contributed by atoms with Crippen LogP contribution in [0.4, 0.5) is 5.82 Å². The van der Waals surface area contributed by atoms with Crippen LogP contribution in [0, 0.1) is 5.92 Å². The quantitative estimate of drug-likeness (QED) is 0.825. The molecule has 7 heteroatoms. The Labute approximate surface area is 102 Å². The minimum Gasteiger partial charge on any atom is -0.383 e. The van der Waals surface area contributed by atoms with Crippen LogP contribution in [-0.2, 0) is 10.0 Å². The van der Waals surface area contributed by atoms with Crippen molar-refractivity contribution in [2.24, 2.45) is 5.92 Å². The van der Waals surface area contributed by atoms with Crippen LogP contribution >= 0.6 is 0 Å².